The highest BCUT2D eigenvalue weighted by Crippen LogP contribution is 2.54. The lowest BCUT2D eigenvalue weighted by Gasteiger charge is -2.38. The minimum absolute atomic E-state index is 0.0765. The van der Waals surface area contributed by atoms with Crippen LogP contribution in [0.15, 0.2) is 41.3 Å². The third-order valence-corrected chi connectivity index (χ3v) is 13.2. The number of hydrogen-bond donors (Lipinski definition) is 2. The Morgan fingerprint density at radius 2 is 1.61 bits per heavy atom. The van der Waals surface area contributed by atoms with E-state index < -0.39 is 42.7 Å². The number of fused-ring (bicyclic) bond motifs is 1. The number of aliphatic hydroxyl groups is 1. The summed E-state index contributed by atoms with van der Waals surface area (Å²) in [4.78, 5) is 15.9. The molecule has 1 amide bonds. The van der Waals surface area contributed by atoms with E-state index in [1.54, 1.807) is 39.0 Å². The number of sulfone groups is 1. The van der Waals surface area contributed by atoms with E-state index in [0.717, 1.165) is 31.5 Å². The second kappa shape index (κ2) is 9.98. The van der Waals surface area contributed by atoms with Gasteiger partial charge in [-0.3, -0.25) is 9.10 Å². The van der Waals surface area contributed by atoms with E-state index in [2.05, 4.69) is 10.2 Å². The fraction of sp³-hybridized carbons (Fsp3) is 0.567. The van der Waals surface area contributed by atoms with Gasteiger partial charge in [-0.15, -0.1) is 0 Å². The van der Waals surface area contributed by atoms with Gasteiger partial charge in [0.25, 0.3) is 5.91 Å². The summed E-state index contributed by atoms with van der Waals surface area (Å²) in [6, 6.07) is 9.84. The average molecular weight is 604 g/mol. The van der Waals surface area contributed by atoms with Gasteiger partial charge >= 0.3 is 0 Å². The van der Waals surface area contributed by atoms with Gasteiger partial charge in [-0.05, 0) is 108 Å². The van der Waals surface area contributed by atoms with Crippen molar-refractivity contribution in [3.05, 3.63) is 47.5 Å². The lowest BCUT2D eigenvalue weighted by atomic mass is 9.93. The summed E-state index contributed by atoms with van der Waals surface area (Å²) in [6.45, 7) is 9.83. The molecule has 0 unspecified atom stereocenters. The summed E-state index contributed by atoms with van der Waals surface area (Å²) in [5.74, 6) is -0.791. The van der Waals surface area contributed by atoms with E-state index in [1.165, 1.54) is 29.3 Å². The molecule has 1 aliphatic carbocycles. The fourth-order valence-electron chi connectivity index (χ4n) is 6.07. The first-order valence-corrected chi connectivity index (χ1v) is 17.3. The molecule has 3 aliphatic rings. The molecule has 1 spiro atoms. The molecule has 0 bridgehead atoms. The minimum atomic E-state index is -3.70. The van der Waals surface area contributed by atoms with Gasteiger partial charge in [-0.25, -0.2) is 16.8 Å². The summed E-state index contributed by atoms with van der Waals surface area (Å²) >= 11 is 0. The van der Waals surface area contributed by atoms with E-state index in [1.807, 2.05) is 19.9 Å². The Hall–Kier alpha value is -2.63. The first-order chi connectivity index (χ1) is 19.0. The first-order valence-electron chi connectivity index (χ1n) is 14.2. The van der Waals surface area contributed by atoms with E-state index in [4.69, 9.17) is 0 Å². The smallest absolute Gasteiger partial charge is 0.257 e. The summed E-state index contributed by atoms with van der Waals surface area (Å²) in [6.07, 6.45) is 4.99. The lowest BCUT2D eigenvalue weighted by molar-refractivity contribution is 0.102. The Balaban J connectivity index is 1.48. The zero-order chi connectivity index (χ0) is 30.0. The number of anilines is 3. The predicted octanol–water partition coefficient (Wildman–Crippen LogP) is 4.35. The second-order valence-corrected chi connectivity index (χ2v) is 18.0. The Labute approximate surface area is 243 Å². The van der Waals surface area contributed by atoms with Gasteiger partial charge < -0.3 is 15.3 Å². The number of hydrogen-bond acceptors (Lipinski definition) is 7. The molecule has 9 nitrogen and oxygen atoms in total. The third kappa shape index (κ3) is 5.48. The highest BCUT2D eigenvalue weighted by atomic mass is 32.2. The van der Waals surface area contributed by atoms with Crippen LogP contribution in [-0.2, 0) is 26.3 Å². The third-order valence-electron chi connectivity index (χ3n) is 8.80. The number of sulfonamides is 1. The van der Waals surface area contributed by atoms with Crippen molar-refractivity contribution in [3.63, 3.8) is 0 Å². The monoisotopic (exact) mass is 603 g/mol. The molecular weight excluding hydrogens is 562 g/mol. The zero-order valence-electron chi connectivity index (χ0n) is 24.5. The Morgan fingerprint density at radius 1 is 0.951 bits per heavy atom. The van der Waals surface area contributed by atoms with Crippen molar-refractivity contribution in [1.82, 2.24) is 0 Å². The van der Waals surface area contributed by atoms with Crippen LogP contribution in [0, 0.1) is 5.41 Å². The molecule has 0 radical (unpaired) electrons. The molecule has 2 aliphatic heterocycles. The second-order valence-electron chi connectivity index (χ2n) is 13.4. The Kier molecular flexibility index (Phi) is 7.27. The molecule has 5 rings (SSSR count). The van der Waals surface area contributed by atoms with E-state index in [9.17, 15) is 26.7 Å². The average Bonchev–Trinajstić information content (AvgIpc) is 3.56. The molecule has 2 aromatic carbocycles. The lowest BCUT2D eigenvalue weighted by Crippen LogP contribution is -2.51. The van der Waals surface area contributed by atoms with Crippen LogP contribution in [0.3, 0.4) is 0 Å². The van der Waals surface area contributed by atoms with Crippen LogP contribution >= 0.6 is 0 Å². The molecule has 2 heterocycles. The molecule has 2 fully saturated rings. The molecule has 2 N–H and O–H groups in total. The quantitative estimate of drug-likeness (QED) is 0.482. The van der Waals surface area contributed by atoms with Gasteiger partial charge in [0.2, 0.25) is 10.0 Å². The highest BCUT2D eigenvalue weighted by molar-refractivity contribution is 7.94. The van der Waals surface area contributed by atoms with Gasteiger partial charge in [0.1, 0.15) is 0 Å². The van der Waals surface area contributed by atoms with Crippen molar-refractivity contribution in [2.24, 2.45) is 5.41 Å². The summed E-state index contributed by atoms with van der Waals surface area (Å²) in [7, 11) is -7.41. The number of rotatable bonds is 7. The number of benzene rings is 2. The molecule has 41 heavy (non-hydrogen) atoms. The van der Waals surface area contributed by atoms with Crippen molar-refractivity contribution in [1.29, 1.82) is 0 Å². The van der Waals surface area contributed by atoms with E-state index in [0.29, 0.717) is 34.5 Å². The predicted molar refractivity (Wildman–Crippen MR) is 162 cm³/mol. The fourth-order valence-corrected chi connectivity index (χ4v) is 8.80. The highest BCUT2D eigenvalue weighted by Gasteiger charge is 2.48. The van der Waals surface area contributed by atoms with Crippen LogP contribution in [0.2, 0.25) is 0 Å². The molecular formula is C30H41N3O6S2. The number of piperidine rings is 1. The molecule has 2 aromatic rings. The van der Waals surface area contributed by atoms with Crippen LogP contribution < -0.4 is 14.5 Å². The number of amides is 1. The van der Waals surface area contributed by atoms with Gasteiger partial charge in [0, 0.05) is 18.8 Å². The summed E-state index contributed by atoms with van der Waals surface area (Å²) in [5, 5.41) is 12.2. The van der Waals surface area contributed by atoms with Crippen LogP contribution in [0.4, 0.5) is 17.1 Å². The van der Waals surface area contributed by atoms with Gasteiger partial charge in [0.05, 0.1) is 44.5 Å². The number of carbonyl (C=O) groups excluding carboxylic acids is 1. The van der Waals surface area contributed by atoms with Gasteiger partial charge in [-0.1, -0.05) is 6.07 Å². The number of nitrogens with zero attached hydrogens (tertiary/aromatic N) is 2. The van der Waals surface area contributed by atoms with Crippen molar-refractivity contribution in [3.8, 4) is 0 Å². The van der Waals surface area contributed by atoms with Crippen molar-refractivity contribution >= 4 is 42.8 Å². The maximum absolute atomic E-state index is 13.7. The van der Waals surface area contributed by atoms with Gasteiger partial charge in [0.15, 0.2) is 9.84 Å². The van der Waals surface area contributed by atoms with Crippen LogP contribution in [0.1, 0.15) is 76.2 Å². The normalized spacial score (nSPS) is 19.8. The summed E-state index contributed by atoms with van der Waals surface area (Å²) in [5.41, 5.74) is 2.54. The minimum Gasteiger partial charge on any atom is -0.395 e. The van der Waals surface area contributed by atoms with Crippen molar-refractivity contribution in [2.75, 3.05) is 40.0 Å². The van der Waals surface area contributed by atoms with Crippen LogP contribution in [0.25, 0.3) is 0 Å². The molecule has 11 heteroatoms. The maximum Gasteiger partial charge on any atom is 0.257 e. The SMILES string of the molecule is CC1(C)Cc2ccc(NC(=O)c3ccc(S(=O)(=O)CCO)cc3N3CCC4(CC3)CC4)cc2N1S(=O)(=O)C(C)(C)C. The largest absolute Gasteiger partial charge is 0.395 e. The number of aliphatic hydroxyl groups excluding tert-OH is 1. The summed E-state index contributed by atoms with van der Waals surface area (Å²) < 4.78 is 53.2. The molecule has 0 aromatic heterocycles. The Bertz CT molecular complexity index is 1580. The van der Waals surface area contributed by atoms with Crippen molar-refractivity contribution in [2.45, 2.75) is 81.9 Å². The number of carbonyl (C=O) groups is 1. The maximum atomic E-state index is 13.7. The molecule has 1 saturated heterocycles. The first kappa shape index (κ1) is 29.8. The zero-order valence-corrected chi connectivity index (χ0v) is 26.2. The van der Waals surface area contributed by atoms with Crippen molar-refractivity contribution < 1.29 is 26.7 Å². The van der Waals surface area contributed by atoms with Crippen LogP contribution in [0.5, 0.6) is 0 Å². The topological polar surface area (TPSA) is 124 Å². The molecule has 0 atom stereocenters. The van der Waals surface area contributed by atoms with E-state index in [-0.39, 0.29) is 10.6 Å². The molecule has 1 saturated carbocycles. The molecule has 224 valence electrons. The number of nitrogens with one attached hydrogen (secondary N) is 1. The van der Waals surface area contributed by atoms with Crippen LogP contribution in [-0.4, -0.2) is 63.6 Å². The van der Waals surface area contributed by atoms with Gasteiger partial charge in [-0.2, -0.15) is 0 Å². The van der Waals surface area contributed by atoms with E-state index >= 15 is 0 Å². The standard InChI is InChI=1S/C30H41N3O6S2/c1-28(2,3)41(38,39)33-25-18-22(7-6-21(25)20-29(33,4)5)31-27(35)24-9-8-23(40(36,37)17-16-34)19-26(24)32-14-12-30(10-11-30)13-15-32/h6-9,18-19,34H,10-17,20H2,1-5H3,(H,31,35). The Morgan fingerprint density at radius 3 is 2.20 bits per heavy atom.